The first-order valence-corrected chi connectivity index (χ1v) is 18.5. The molecule has 2 heterocycles. The molecule has 1 saturated heterocycles. The molecule has 1 N–H and O–H groups in total. The normalized spacial score (nSPS) is 20.2. The number of benzene rings is 5. The number of thiophene rings is 1. The molecular weight excluding hydrogens is 672 g/mol. The number of halogens is 1. The molecule has 0 amide bonds. The molecule has 7 heteroatoms. The maximum absolute atomic E-state index is 13.5. The standard InChI is InChI=1S/C45H43FO5S/c1-32-17-20-38(25-37(32)26-40-23-24-43(52-40)36-18-21-39(46)22-19-36)45(47)27-41(49-29-34-13-7-3-8-14-34)44(50-30-35-15-9-4-10-16-35)42(51-45)31-48-28-33-11-5-2-6-12-33/h2-25,41-42,44,47H,26-31H2,1H3/t41-,42-,44+,45?/m1/s1. The van der Waals surface area contributed by atoms with E-state index in [0.29, 0.717) is 31.8 Å². The first-order valence-electron chi connectivity index (χ1n) is 17.7. The maximum Gasteiger partial charge on any atom is 0.195 e. The van der Waals surface area contributed by atoms with E-state index in [4.69, 9.17) is 18.9 Å². The van der Waals surface area contributed by atoms with Gasteiger partial charge in [0.2, 0.25) is 0 Å². The summed E-state index contributed by atoms with van der Waals surface area (Å²) in [5, 5.41) is 12.5. The van der Waals surface area contributed by atoms with Crippen LogP contribution in [0.4, 0.5) is 4.39 Å². The van der Waals surface area contributed by atoms with Crippen LogP contribution < -0.4 is 0 Å². The van der Waals surface area contributed by atoms with Crippen LogP contribution in [0, 0.1) is 12.7 Å². The molecule has 266 valence electrons. The monoisotopic (exact) mass is 714 g/mol. The molecule has 0 radical (unpaired) electrons. The van der Waals surface area contributed by atoms with Crippen molar-refractivity contribution in [2.45, 2.75) is 63.7 Å². The molecule has 7 rings (SSSR count). The summed E-state index contributed by atoms with van der Waals surface area (Å²) in [6.45, 7) is 3.40. The molecule has 1 aliphatic rings. The zero-order valence-electron chi connectivity index (χ0n) is 29.2. The van der Waals surface area contributed by atoms with Crippen molar-refractivity contribution in [3.63, 3.8) is 0 Å². The Labute approximate surface area is 309 Å². The highest BCUT2D eigenvalue weighted by Gasteiger charge is 2.49. The molecular formula is C45H43FO5S. The van der Waals surface area contributed by atoms with Gasteiger partial charge < -0.3 is 24.1 Å². The first kappa shape index (κ1) is 35.9. The van der Waals surface area contributed by atoms with Crippen LogP contribution in [-0.4, -0.2) is 30.0 Å². The summed E-state index contributed by atoms with van der Waals surface area (Å²) in [7, 11) is 0. The second-order valence-electron chi connectivity index (χ2n) is 13.3. The SMILES string of the molecule is Cc1ccc(C2(O)C[C@@H](OCc3ccccc3)[C@H](OCc3ccccc3)[C@@H](COCc3ccccc3)O2)cc1Cc1ccc(-c2ccc(F)cc2)s1. The fraction of sp³-hybridized carbons (Fsp3) is 0.244. The highest BCUT2D eigenvalue weighted by atomic mass is 32.1. The summed E-state index contributed by atoms with van der Waals surface area (Å²) < 4.78 is 39.8. The molecule has 0 bridgehead atoms. The van der Waals surface area contributed by atoms with Crippen molar-refractivity contribution in [3.8, 4) is 10.4 Å². The Kier molecular flexibility index (Phi) is 11.7. The lowest BCUT2D eigenvalue weighted by Gasteiger charge is -2.46. The Morgan fingerprint density at radius 3 is 2.00 bits per heavy atom. The van der Waals surface area contributed by atoms with Crippen LogP contribution in [0.2, 0.25) is 0 Å². The average Bonchev–Trinajstić information content (AvgIpc) is 3.64. The van der Waals surface area contributed by atoms with E-state index in [1.807, 2.05) is 109 Å². The van der Waals surface area contributed by atoms with Crippen LogP contribution >= 0.6 is 11.3 Å². The Balaban J connectivity index is 1.16. The third kappa shape index (κ3) is 9.11. The number of hydrogen-bond donors (Lipinski definition) is 1. The van der Waals surface area contributed by atoms with Crippen molar-refractivity contribution in [2.24, 2.45) is 0 Å². The minimum atomic E-state index is -1.66. The molecule has 0 spiro atoms. The molecule has 52 heavy (non-hydrogen) atoms. The van der Waals surface area contributed by atoms with Gasteiger partial charge in [0.25, 0.3) is 0 Å². The molecule has 5 aromatic carbocycles. The zero-order valence-corrected chi connectivity index (χ0v) is 30.0. The van der Waals surface area contributed by atoms with E-state index in [2.05, 4.69) is 19.1 Å². The van der Waals surface area contributed by atoms with E-state index < -0.39 is 24.1 Å². The molecule has 1 aliphatic heterocycles. The van der Waals surface area contributed by atoms with E-state index >= 15 is 0 Å². The van der Waals surface area contributed by atoms with Gasteiger partial charge in [-0.15, -0.1) is 11.3 Å². The van der Waals surface area contributed by atoms with Gasteiger partial charge in [-0.25, -0.2) is 4.39 Å². The quantitative estimate of drug-likeness (QED) is 0.122. The largest absolute Gasteiger partial charge is 0.374 e. The minimum absolute atomic E-state index is 0.171. The second kappa shape index (κ2) is 16.9. The van der Waals surface area contributed by atoms with Crippen LogP contribution in [0.1, 0.15) is 44.7 Å². The van der Waals surface area contributed by atoms with Gasteiger partial charge in [0.05, 0.1) is 32.5 Å². The summed E-state index contributed by atoms with van der Waals surface area (Å²) >= 11 is 1.68. The molecule has 5 nitrogen and oxygen atoms in total. The van der Waals surface area contributed by atoms with Crippen LogP contribution in [0.3, 0.4) is 0 Å². The molecule has 1 fully saturated rings. The molecule has 4 atom stereocenters. The second-order valence-corrected chi connectivity index (χ2v) is 14.5. The molecule has 6 aromatic rings. The minimum Gasteiger partial charge on any atom is -0.374 e. The van der Waals surface area contributed by atoms with Crippen molar-refractivity contribution in [3.05, 3.63) is 190 Å². The summed E-state index contributed by atoms with van der Waals surface area (Å²) in [6.07, 6.45) is -0.798. The predicted molar refractivity (Wildman–Crippen MR) is 203 cm³/mol. The predicted octanol–water partition coefficient (Wildman–Crippen LogP) is 9.78. The Morgan fingerprint density at radius 1 is 0.731 bits per heavy atom. The van der Waals surface area contributed by atoms with Crippen LogP contribution in [0.5, 0.6) is 0 Å². The highest BCUT2D eigenvalue weighted by Crippen LogP contribution is 2.40. The highest BCUT2D eigenvalue weighted by molar-refractivity contribution is 7.15. The van der Waals surface area contributed by atoms with Gasteiger partial charge in [-0.3, -0.25) is 0 Å². The fourth-order valence-electron chi connectivity index (χ4n) is 6.62. The molecule has 0 saturated carbocycles. The topological polar surface area (TPSA) is 57.2 Å². The first-order chi connectivity index (χ1) is 25.4. The van der Waals surface area contributed by atoms with Crippen LogP contribution in [0.25, 0.3) is 10.4 Å². The summed E-state index contributed by atoms with van der Waals surface area (Å²) in [5.41, 5.74) is 6.96. The van der Waals surface area contributed by atoms with Crippen LogP contribution in [-0.2, 0) is 51.0 Å². The van der Waals surface area contributed by atoms with E-state index in [1.54, 1.807) is 23.5 Å². The summed E-state index contributed by atoms with van der Waals surface area (Å²) in [4.78, 5) is 2.25. The third-order valence-corrected chi connectivity index (χ3v) is 10.6. The Bertz CT molecular complexity index is 2000. The maximum atomic E-state index is 13.5. The number of rotatable bonds is 14. The van der Waals surface area contributed by atoms with Gasteiger partial charge in [0, 0.05) is 28.2 Å². The number of aryl methyl sites for hydroxylation is 1. The van der Waals surface area contributed by atoms with Crippen molar-refractivity contribution < 1.29 is 28.4 Å². The number of hydrogen-bond acceptors (Lipinski definition) is 6. The molecule has 0 aliphatic carbocycles. The average molecular weight is 715 g/mol. The summed E-state index contributed by atoms with van der Waals surface area (Å²) in [5.74, 6) is -1.91. The summed E-state index contributed by atoms with van der Waals surface area (Å²) in [6, 6.07) is 46.9. The van der Waals surface area contributed by atoms with Gasteiger partial charge in [0.15, 0.2) is 5.79 Å². The van der Waals surface area contributed by atoms with E-state index in [9.17, 15) is 9.50 Å². The van der Waals surface area contributed by atoms with E-state index in [1.165, 1.54) is 17.0 Å². The lowest BCUT2D eigenvalue weighted by molar-refractivity contribution is -0.328. The lowest BCUT2D eigenvalue weighted by Crippen LogP contribution is -2.56. The van der Waals surface area contributed by atoms with E-state index in [0.717, 1.165) is 38.3 Å². The smallest absolute Gasteiger partial charge is 0.195 e. The number of aliphatic hydroxyl groups is 1. The van der Waals surface area contributed by atoms with Gasteiger partial charge in [-0.05, 0) is 70.6 Å². The molecule has 1 unspecified atom stereocenters. The van der Waals surface area contributed by atoms with Gasteiger partial charge in [0.1, 0.15) is 18.0 Å². The van der Waals surface area contributed by atoms with Gasteiger partial charge in [-0.1, -0.05) is 115 Å². The van der Waals surface area contributed by atoms with Gasteiger partial charge >= 0.3 is 0 Å². The lowest BCUT2D eigenvalue weighted by atomic mass is 9.88. The van der Waals surface area contributed by atoms with Gasteiger partial charge in [-0.2, -0.15) is 0 Å². The van der Waals surface area contributed by atoms with Crippen molar-refractivity contribution in [1.29, 1.82) is 0 Å². The fourth-order valence-corrected chi connectivity index (χ4v) is 7.66. The number of ether oxygens (including phenoxy) is 4. The third-order valence-electron chi connectivity index (χ3n) is 9.50. The van der Waals surface area contributed by atoms with Crippen molar-refractivity contribution in [1.82, 2.24) is 0 Å². The molecule has 1 aromatic heterocycles. The van der Waals surface area contributed by atoms with Crippen molar-refractivity contribution >= 4 is 11.3 Å². The van der Waals surface area contributed by atoms with E-state index in [-0.39, 0.29) is 18.8 Å². The van der Waals surface area contributed by atoms with Crippen molar-refractivity contribution in [2.75, 3.05) is 6.61 Å². The van der Waals surface area contributed by atoms with Crippen LogP contribution in [0.15, 0.2) is 146 Å². The zero-order chi connectivity index (χ0) is 35.8. The Hall–Kier alpha value is -4.47. The Morgan fingerprint density at radius 2 is 1.35 bits per heavy atom.